The molecule has 7 rings (SSSR count). The van der Waals surface area contributed by atoms with Crippen molar-refractivity contribution >= 4 is 52.0 Å². The van der Waals surface area contributed by atoms with Crippen molar-refractivity contribution in [1.82, 2.24) is 45.1 Å². The molecule has 0 aromatic carbocycles. The van der Waals surface area contributed by atoms with Crippen LogP contribution in [0, 0.1) is 17.3 Å². The molecule has 342 valence electrons. The van der Waals surface area contributed by atoms with E-state index in [0.29, 0.717) is 56.0 Å². The first-order chi connectivity index (χ1) is 30.5. The Hall–Kier alpha value is -5.52. The van der Waals surface area contributed by atoms with Gasteiger partial charge in [0, 0.05) is 86.5 Å². The highest BCUT2D eigenvalue weighted by Gasteiger charge is 2.40. The quantitative estimate of drug-likeness (QED) is 0.160. The zero-order valence-electron chi connectivity index (χ0n) is 38.2. The predicted octanol–water partition coefficient (Wildman–Crippen LogP) is 5.12. The third kappa shape index (κ3) is 9.47. The second kappa shape index (κ2) is 19.3. The Balaban J connectivity index is 1.27. The Kier molecular flexibility index (Phi) is 14.0. The van der Waals surface area contributed by atoms with Gasteiger partial charge in [0.25, 0.3) is 5.91 Å². The lowest BCUT2D eigenvalue weighted by atomic mass is 9.84. The highest BCUT2D eigenvalue weighted by molar-refractivity contribution is 7.10. The minimum absolute atomic E-state index is 0.0548. The molecule has 6 bridgehead atoms. The Morgan fingerprint density at radius 2 is 1.95 bits per heavy atom. The van der Waals surface area contributed by atoms with E-state index in [2.05, 4.69) is 54.8 Å². The summed E-state index contributed by atoms with van der Waals surface area (Å²) in [7, 11) is 3.26. The number of thiazole rings is 1. The minimum Gasteiger partial charge on any atom is -0.464 e. The summed E-state index contributed by atoms with van der Waals surface area (Å²) < 4.78 is 14.1. The van der Waals surface area contributed by atoms with Gasteiger partial charge in [-0.25, -0.2) is 15.4 Å². The van der Waals surface area contributed by atoms with Crippen molar-refractivity contribution < 1.29 is 33.4 Å². The van der Waals surface area contributed by atoms with Crippen molar-refractivity contribution in [2.24, 2.45) is 17.3 Å². The van der Waals surface area contributed by atoms with Crippen molar-refractivity contribution in [3.63, 3.8) is 0 Å². The van der Waals surface area contributed by atoms with Gasteiger partial charge in [-0.15, -0.1) is 11.3 Å². The van der Waals surface area contributed by atoms with Crippen LogP contribution in [0.25, 0.3) is 33.5 Å². The number of pyridine rings is 2. The fourth-order valence-corrected chi connectivity index (χ4v) is 10.1. The zero-order chi connectivity index (χ0) is 46.0. The highest BCUT2D eigenvalue weighted by Crippen LogP contribution is 2.41. The van der Waals surface area contributed by atoms with Crippen molar-refractivity contribution in [3.05, 3.63) is 64.9 Å². The molecule has 0 radical (unpaired) electrons. The van der Waals surface area contributed by atoms with Crippen LogP contribution in [0.2, 0.25) is 0 Å². The van der Waals surface area contributed by atoms with Crippen molar-refractivity contribution in [3.8, 4) is 22.5 Å². The number of carbonyl (C=O) groups excluding carboxylic acids is 5. The van der Waals surface area contributed by atoms with E-state index in [-0.39, 0.29) is 43.4 Å². The van der Waals surface area contributed by atoms with E-state index < -0.39 is 47.2 Å². The number of esters is 1. The van der Waals surface area contributed by atoms with Crippen LogP contribution in [0.4, 0.5) is 0 Å². The number of likely N-dealkylation sites (N-methyl/N-ethyl adjacent to an activating group) is 1. The zero-order valence-corrected chi connectivity index (χ0v) is 39.0. The van der Waals surface area contributed by atoms with E-state index in [1.54, 1.807) is 25.3 Å². The number of hydrazine groups is 1. The maximum atomic E-state index is 14.6. The van der Waals surface area contributed by atoms with Gasteiger partial charge in [-0.2, -0.15) is 0 Å². The lowest BCUT2D eigenvalue weighted by Crippen LogP contribution is -2.62. The highest BCUT2D eigenvalue weighted by atomic mass is 32.1. The molecule has 4 aromatic rings. The number of amides is 4. The molecule has 0 spiro atoms. The van der Waals surface area contributed by atoms with Gasteiger partial charge in [-0.1, -0.05) is 34.3 Å². The van der Waals surface area contributed by atoms with Crippen molar-refractivity contribution in [1.29, 1.82) is 0 Å². The number of methoxy groups -OCH3 is 1. The molecule has 17 heteroatoms. The van der Waals surface area contributed by atoms with Crippen LogP contribution in [0.5, 0.6) is 0 Å². The smallest absolute Gasteiger partial charge is 0.324 e. The van der Waals surface area contributed by atoms with E-state index >= 15 is 0 Å². The van der Waals surface area contributed by atoms with Gasteiger partial charge < -0.3 is 29.2 Å². The summed E-state index contributed by atoms with van der Waals surface area (Å²) in [5.41, 5.74) is 8.60. The minimum atomic E-state index is -1.10. The fourth-order valence-electron chi connectivity index (χ4n) is 9.29. The summed E-state index contributed by atoms with van der Waals surface area (Å²) in [5.74, 6) is -2.69. The largest absolute Gasteiger partial charge is 0.464 e. The van der Waals surface area contributed by atoms with Crippen LogP contribution in [0.3, 0.4) is 0 Å². The molecule has 0 saturated carbocycles. The van der Waals surface area contributed by atoms with Crippen LogP contribution in [0.1, 0.15) is 83.2 Å². The summed E-state index contributed by atoms with van der Waals surface area (Å²) in [6.45, 7) is 17.2. The van der Waals surface area contributed by atoms with Crippen LogP contribution in [0.15, 0.2) is 48.6 Å². The normalized spacial score (nSPS) is 21.3. The van der Waals surface area contributed by atoms with Gasteiger partial charge >= 0.3 is 5.97 Å². The van der Waals surface area contributed by atoms with Crippen LogP contribution < -0.4 is 10.7 Å². The lowest BCUT2D eigenvalue weighted by Gasteiger charge is -2.36. The summed E-state index contributed by atoms with van der Waals surface area (Å²) in [5, 5.41) is 7.88. The number of aryl methyl sites for hydroxylation is 1. The molecule has 16 nitrogen and oxygen atoms in total. The van der Waals surface area contributed by atoms with Crippen molar-refractivity contribution in [2.45, 2.75) is 104 Å². The van der Waals surface area contributed by atoms with Gasteiger partial charge in [0.2, 0.25) is 17.7 Å². The first-order valence-corrected chi connectivity index (χ1v) is 23.1. The van der Waals surface area contributed by atoms with Gasteiger partial charge in [-0.05, 0) is 75.3 Å². The van der Waals surface area contributed by atoms with Crippen LogP contribution in [-0.4, -0.2) is 122 Å². The number of carbonyl (C=O) groups is 5. The number of hydrogen-bond acceptors (Lipinski definition) is 12. The van der Waals surface area contributed by atoms with Gasteiger partial charge in [0.1, 0.15) is 23.8 Å². The molecule has 64 heavy (non-hydrogen) atoms. The Bertz CT molecular complexity index is 2430. The van der Waals surface area contributed by atoms with E-state index in [1.807, 2.05) is 38.4 Å². The van der Waals surface area contributed by atoms with Crippen LogP contribution in [-0.2, 0) is 52.8 Å². The van der Waals surface area contributed by atoms with Gasteiger partial charge in [0.05, 0.1) is 40.7 Å². The standard InChI is InChI=1S/C47H61N9O7S/c1-10-38(57)54-19-16-29(24-54)44(59)53(8)40(27(3)4)43(58)51-35-21-37-50-36(25-64-37)30-20-32-33(22-47(6,7)26-63-46(61)34-15-13-18-56(52-34)45(35)60)41(55(11-2)42(32)49-23-30)31-14-12-17-48-39(31)28(5)62-9/h10,12,14,17,20,23,25,27-29,34-35,40,52H,1,11,13,15-16,18-19,21-22,24,26H2,2-9H3,(H,51,58)/t28-,29-,34-,35-,40?/m0/s1. The number of nitrogens with one attached hydrogen (secondary N) is 2. The molecule has 4 aromatic heterocycles. The van der Waals surface area contributed by atoms with E-state index in [9.17, 15) is 24.0 Å². The number of fused-ring (bicyclic) bond motifs is 6. The molecule has 2 fully saturated rings. The molecule has 2 saturated heterocycles. The Morgan fingerprint density at radius 3 is 2.67 bits per heavy atom. The second-order valence-electron chi connectivity index (χ2n) is 18.2. The number of rotatable bonds is 10. The topological polar surface area (TPSA) is 181 Å². The molecule has 4 amide bonds. The van der Waals surface area contributed by atoms with Crippen LogP contribution >= 0.6 is 11.3 Å². The monoisotopic (exact) mass is 895 g/mol. The fraction of sp³-hybridized carbons (Fsp3) is 0.532. The summed E-state index contributed by atoms with van der Waals surface area (Å²) in [4.78, 5) is 86.8. The molecule has 3 aliphatic rings. The first-order valence-electron chi connectivity index (χ1n) is 22.2. The molecule has 1 unspecified atom stereocenters. The Morgan fingerprint density at radius 1 is 1.17 bits per heavy atom. The number of nitrogens with zero attached hydrogens (tertiary/aromatic N) is 7. The first kappa shape index (κ1) is 46.5. The molecule has 2 N–H and O–H groups in total. The third-order valence-corrected chi connectivity index (χ3v) is 13.5. The summed E-state index contributed by atoms with van der Waals surface area (Å²) in [6, 6.07) is 3.29. The Labute approximate surface area is 378 Å². The lowest BCUT2D eigenvalue weighted by molar-refractivity contribution is -0.155. The number of aromatic nitrogens is 4. The third-order valence-electron chi connectivity index (χ3n) is 12.7. The molecular weight excluding hydrogens is 835 g/mol. The number of cyclic esters (lactones) is 1. The van der Waals surface area contributed by atoms with Gasteiger partial charge in [0.15, 0.2) is 0 Å². The molecule has 3 aliphatic heterocycles. The molecule has 7 heterocycles. The number of likely N-dealkylation sites (tertiary alicyclic amines) is 1. The average molecular weight is 896 g/mol. The summed E-state index contributed by atoms with van der Waals surface area (Å²) in [6.07, 6.45) is 6.60. The molecule has 5 atom stereocenters. The maximum Gasteiger partial charge on any atom is 0.324 e. The molecular formula is C47H61N9O7S. The van der Waals surface area contributed by atoms with Gasteiger partial charge in [-0.3, -0.25) is 34.0 Å². The van der Waals surface area contributed by atoms with E-state index in [1.165, 1.54) is 27.3 Å². The predicted molar refractivity (Wildman–Crippen MR) is 243 cm³/mol. The summed E-state index contributed by atoms with van der Waals surface area (Å²) >= 11 is 1.38. The maximum absolute atomic E-state index is 14.6. The SMILES string of the molecule is C=CC(=O)N1CC[C@H](C(=O)N(C)C(C(=O)N[C@H]2Cc3nc(cs3)-c3cnc4c(c3)c(c(-c3cccnc3[C@H](C)OC)n4CC)CC(C)(C)COC(=O)[C@@H]3CCCN(N3)C2=O)C(C)C)C1. The van der Waals surface area contributed by atoms with E-state index in [0.717, 1.165) is 39.1 Å². The second-order valence-corrected chi connectivity index (χ2v) is 19.2. The van der Waals surface area contributed by atoms with E-state index in [4.69, 9.17) is 24.4 Å². The van der Waals surface area contributed by atoms with Crippen molar-refractivity contribution in [2.75, 3.05) is 40.4 Å². The average Bonchev–Trinajstić information content (AvgIpc) is 4.05. The number of ether oxygens (including phenoxy) is 2. The molecule has 0 aliphatic carbocycles. The number of hydrogen-bond donors (Lipinski definition) is 2.